The summed E-state index contributed by atoms with van der Waals surface area (Å²) in [5.74, 6) is 0. The molecule has 9 aromatic carbocycles. The monoisotopic (exact) mass is 690 g/mol. The maximum atomic E-state index is 2.66. The lowest BCUT2D eigenvalue weighted by Crippen LogP contribution is -2.57. The predicted octanol–water partition coefficient (Wildman–Crippen LogP) is 10.8. The fourth-order valence-electron chi connectivity index (χ4n) is 12.5. The summed E-state index contributed by atoms with van der Waals surface area (Å²) in [5.41, 5.74) is 33.7. The standard InChI is InChI=1S/C54H31B/c1-7-16-34-28(10-1)20-38-42(34)26-48-52-46(38)24-40-32-14-5-3-12-30(32)22-44(40)50(52)36-18-9-19-37-51-45-23-31-13-4-6-15-33(31)41(45)25-47-39-21-29-11-2-8-17-35(29)43(39)27-49(53(47)51)55(48)54(36)37/h1-19,24-27H,20-23H2. The molecule has 6 aliphatic rings. The molecule has 0 atom stereocenters. The Morgan fingerprint density at radius 3 is 1.07 bits per heavy atom. The summed E-state index contributed by atoms with van der Waals surface area (Å²) < 4.78 is 0. The Balaban J connectivity index is 1.15. The third kappa shape index (κ3) is 3.20. The first-order valence-electron chi connectivity index (χ1n) is 20.1. The summed E-state index contributed by atoms with van der Waals surface area (Å²) in [6, 6.07) is 54.6. The van der Waals surface area contributed by atoms with Gasteiger partial charge in [0, 0.05) is 0 Å². The molecule has 0 fully saturated rings. The van der Waals surface area contributed by atoms with Crippen molar-refractivity contribution in [3.63, 3.8) is 0 Å². The average Bonchev–Trinajstić information content (AvgIpc) is 4.00. The summed E-state index contributed by atoms with van der Waals surface area (Å²) in [6.07, 6.45) is 3.97. The van der Waals surface area contributed by atoms with Crippen LogP contribution in [0.25, 0.3) is 88.3 Å². The largest absolute Gasteiger partial charge is 0.244 e. The minimum Gasteiger partial charge on any atom is -0.0619 e. The lowest BCUT2D eigenvalue weighted by molar-refractivity contribution is 1.26. The molecule has 0 unspecified atom stereocenters. The Bertz CT molecular complexity index is 3160. The molecule has 0 nitrogen and oxygen atoms in total. The van der Waals surface area contributed by atoms with E-state index in [1.807, 2.05) is 0 Å². The molecule has 0 spiro atoms. The molecule has 0 radical (unpaired) electrons. The molecule has 0 saturated carbocycles. The zero-order valence-electron chi connectivity index (χ0n) is 30.2. The van der Waals surface area contributed by atoms with Gasteiger partial charge in [-0.15, -0.1) is 0 Å². The van der Waals surface area contributed by atoms with Crippen LogP contribution in [0.5, 0.6) is 0 Å². The third-order valence-electron chi connectivity index (χ3n) is 14.6. The van der Waals surface area contributed by atoms with Gasteiger partial charge >= 0.3 is 0 Å². The topological polar surface area (TPSA) is 0 Å². The van der Waals surface area contributed by atoms with E-state index in [0.29, 0.717) is 0 Å². The first kappa shape index (κ1) is 28.1. The van der Waals surface area contributed by atoms with Crippen molar-refractivity contribution in [1.29, 1.82) is 0 Å². The van der Waals surface area contributed by atoms with Gasteiger partial charge in [-0.2, -0.15) is 0 Å². The van der Waals surface area contributed by atoms with Crippen LogP contribution in [0, 0.1) is 0 Å². The van der Waals surface area contributed by atoms with Gasteiger partial charge in [0.05, 0.1) is 0 Å². The second-order valence-corrected chi connectivity index (χ2v) is 16.9. The van der Waals surface area contributed by atoms with Gasteiger partial charge in [0.1, 0.15) is 0 Å². The molecule has 9 aromatic rings. The fourth-order valence-corrected chi connectivity index (χ4v) is 12.5. The summed E-state index contributed by atoms with van der Waals surface area (Å²) >= 11 is 0. The van der Waals surface area contributed by atoms with Crippen molar-refractivity contribution in [2.24, 2.45) is 0 Å². The maximum absolute atomic E-state index is 2.66. The van der Waals surface area contributed by atoms with Crippen molar-refractivity contribution in [2.75, 3.05) is 0 Å². The molecular weight excluding hydrogens is 659 g/mol. The molecule has 4 aliphatic carbocycles. The number of hydrogen-bond donors (Lipinski definition) is 0. The van der Waals surface area contributed by atoms with E-state index in [1.165, 1.54) is 149 Å². The van der Waals surface area contributed by atoms with E-state index in [-0.39, 0.29) is 6.71 Å². The molecule has 2 aliphatic heterocycles. The van der Waals surface area contributed by atoms with E-state index >= 15 is 0 Å². The smallest absolute Gasteiger partial charge is 0.0619 e. The Morgan fingerprint density at radius 1 is 0.309 bits per heavy atom. The first-order valence-corrected chi connectivity index (χ1v) is 20.1. The Morgan fingerprint density at radius 2 is 0.655 bits per heavy atom. The van der Waals surface area contributed by atoms with Crippen molar-refractivity contribution >= 4 is 44.6 Å². The van der Waals surface area contributed by atoms with Crippen molar-refractivity contribution in [1.82, 2.24) is 0 Å². The number of benzene rings is 9. The molecule has 0 saturated heterocycles. The molecule has 1 heteroatoms. The highest BCUT2D eigenvalue weighted by Crippen LogP contribution is 2.54. The normalized spacial score (nSPS) is 14.6. The molecular formula is C54H31B. The lowest BCUT2D eigenvalue weighted by atomic mass is 9.30. The number of rotatable bonds is 0. The zero-order valence-corrected chi connectivity index (χ0v) is 30.2. The van der Waals surface area contributed by atoms with Crippen molar-refractivity contribution < 1.29 is 0 Å². The lowest BCUT2D eigenvalue weighted by Gasteiger charge is -2.37. The highest BCUT2D eigenvalue weighted by molar-refractivity contribution is 7.01. The van der Waals surface area contributed by atoms with Crippen LogP contribution in [0.15, 0.2) is 140 Å². The number of hydrogen-bond acceptors (Lipinski definition) is 0. The van der Waals surface area contributed by atoms with E-state index in [4.69, 9.17) is 0 Å². The molecule has 0 N–H and O–H groups in total. The first-order chi connectivity index (χ1) is 27.3. The van der Waals surface area contributed by atoms with Crippen LogP contribution in [0.2, 0.25) is 0 Å². The summed E-state index contributed by atoms with van der Waals surface area (Å²) in [6.45, 7) is 0.149. The maximum Gasteiger partial charge on any atom is 0.244 e. The molecule has 0 bridgehead atoms. The SMILES string of the molecule is c1ccc2c(c1)Cc1c-2cc2c3c(cc4c2c1-c1cccc2c1B4c1cc4c(c5cc6c(c-2c15)Cc1ccccc1-6)Cc1ccccc1-4)-c1ccccc1C3. The van der Waals surface area contributed by atoms with Gasteiger partial charge in [-0.05, 0) is 171 Å². The van der Waals surface area contributed by atoms with Gasteiger partial charge in [-0.3, -0.25) is 0 Å². The Kier molecular flexibility index (Phi) is 4.81. The zero-order chi connectivity index (χ0) is 35.3. The van der Waals surface area contributed by atoms with E-state index in [9.17, 15) is 0 Å². The van der Waals surface area contributed by atoms with Crippen LogP contribution in [-0.4, -0.2) is 6.71 Å². The van der Waals surface area contributed by atoms with E-state index in [1.54, 1.807) is 0 Å². The van der Waals surface area contributed by atoms with Gasteiger partial charge < -0.3 is 0 Å². The minimum atomic E-state index is 0.149. The average molecular weight is 691 g/mol. The predicted molar refractivity (Wildman–Crippen MR) is 230 cm³/mol. The Labute approximate surface area is 319 Å². The van der Waals surface area contributed by atoms with Crippen molar-refractivity contribution in [3.05, 3.63) is 184 Å². The summed E-state index contributed by atoms with van der Waals surface area (Å²) in [4.78, 5) is 0. The second-order valence-electron chi connectivity index (χ2n) is 16.9. The van der Waals surface area contributed by atoms with Crippen molar-refractivity contribution in [3.8, 4) is 66.8 Å². The van der Waals surface area contributed by atoms with Crippen LogP contribution in [0.1, 0.15) is 44.5 Å². The summed E-state index contributed by atoms with van der Waals surface area (Å²) in [5, 5.41) is 5.92. The molecule has 55 heavy (non-hydrogen) atoms. The molecule has 250 valence electrons. The van der Waals surface area contributed by atoms with E-state index in [0.717, 1.165) is 25.7 Å². The Hall–Kier alpha value is -6.44. The van der Waals surface area contributed by atoms with Crippen LogP contribution in [-0.2, 0) is 25.7 Å². The second kappa shape index (κ2) is 9.43. The van der Waals surface area contributed by atoms with Gasteiger partial charge in [-0.1, -0.05) is 144 Å². The minimum absolute atomic E-state index is 0.149. The molecule has 0 amide bonds. The van der Waals surface area contributed by atoms with Crippen LogP contribution < -0.4 is 16.4 Å². The van der Waals surface area contributed by atoms with E-state index < -0.39 is 0 Å². The number of fused-ring (bicyclic) bond motifs is 20. The van der Waals surface area contributed by atoms with Gasteiger partial charge in [0.2, 0.25) is 6.71 Å². The quantitative estimate of drug-likeness (QED) is 0.139. The van der Waals surface area contributed by atoms with E-state index in [2.05, 4.69) is 140 Å². The fraction of sp³-hybridized carbons (Fsp3) is 0.0741. The molecule has 2 heterocycles. The highest BCUT2D eigenvalue weighted by Gasteiger charge is 2.44. The van der Waals surface area contributed by atoms with Gasteiger partial charge in [-0.25, -0.2) is 0 Å². The van der Waals surface area contributed by atoms with Crippen LogP contribution in [0.4, 0.5) is 0 Å². The van der Waals surface area contributed by atoms with Gasteiger partial charge in [0.25, 0.3) is 0 Å². The highest BCUT2D eigenvalue weighted by atomic mass is 14.4. The van der Waals surface area contributed by atoms with Crippen LogP contribution in [0.3, 0.4) is 0 Å². The molecule has 15 rings (SSSR count). The molecule has 0 aromatic heterocycles. The van der Waals surface area contributed by atoms with Crippen LogP contribution >= 0.6 is 0 Å². The van der Waals surface area contributed by atoms with Crippen molar-refractivity contribution in [2.45, 2.75) is 25.7 Å². The summed E-state index contributed by atoms with van der Waals surface area (Å²) in [7, 11) is 0. The third-order valence-corrected chi connectivity index (χ3v) is 14.6. The van der Waals surface area contributed by atoms with Gasteiger partial charge in [0.15, 0.2) is 0 Å².